The largest absolute Gasteiger partial charge is 0.291 e. The molecule has 0 amide bonds. The van der Waals surface area contributed by atoms with E-state index in [1.165, 1.54) is 10.9 Å². The summed E-state index contributed by atoms with van der Waals surface area (Å²) in [4.78, 5) is 4.13. The van der Waals surface area contributed by atoms with E-state index in [0.717, 1.165) is 11.3 Å². The van der Waals surface area contributed by atoms with Crippen molar-refractivity contribution < 1.29 is 0 Å². The third kappa shape index (κ3) is 2.71. The van der Waals surface area contributed by atoms with Gasteiger partial charge in [-0.3, -0.25) is 4.99 Å². The number of nitrogens with zero attached hydrogens (tertiary/aromatic N) is 2. The van der Waals surface area contributed by atoms with Crippen molar-refractivity contribution in [2.75, 3.05) is 7.05 Å². The second-order valence-corrected chi connectivity index (χ2v) is 3.49. The number of thiocarbonyl (C=S) groups is 1. The quantitative estimate of drug-likeness (QED) is 0.575. The lowest BCUT2D eigenvalue weighted by molar-refractivity contribution is 1.22. The Balaban J connectivity index is 3.09. The normalized spacial score (nSPS) is 13.0. The number of rotatable bonds is 3. The molecule has 0 fully saturated rings. The smallest absolute Gasteiger partial charge is 0.117 e. The molecule has 0 aliphatic heterocycles. The maximum atomic E-state index is 8.91. The topological polar surface area (TPSA) is 36.1 Å². The zero-order chi connectivity index (χ0) is 11.3. The fourth-order valence-corrected chi connectivity index (χ4v) is 1.52. The molecule has 0 radical (unpaired) electrons. The summed E-state index contributed by atoms with van der Waals surface area (Å²) >= 11 is 4.81. The van der Waals surface area contributed by atoms with Crippen molar-refractivity contribution in [3.05, 3.63) is 35.4 Å². The zero-order valence-electron chi connectivity index (χ0n) is 8.77. The minimum atomic E-state index is -0.410. The highest BCUT2D eigenvalue weighted by Gasteiger charge is 2.13. The Kier molecular flexibility index (Phi) is 4.14. The summed E-state index contributed by atoms with van der Waals surface area (Å²) < 4.78 is 0. The first-order valence-electron chi connectivity index (χ1n) is 4.61. The first-order chi connectivity index (χ1) is 7.22. The van der Waals surface area contributed by atoms with Gasteiger partial charge in [0.05, 0.1) is 11.8 Å². The molecule has 1 unspecified atom stereocenters. The van der Waals surface area contributed by atoms with Gasteiger partial charge in [-0.25, -0.2) is 0 Å². The van der Waals surface area contributed by atoms with Gasteiger partial charge in [-0.05, 0) is 12.5 Å². The number of benzene rings is 1. The van der Waals surface area contributed by atoms with Gasteiger partial charge in [-0.2, -0.15) is 5.26 Å². The molecule has 1 rings (SSSR count). The highest BCUT2D eigenvalue weighted by molar-refractivity contribution is 7.79. The molecule has 15 heavy (non-hydrogen) atoms. The van der Waals surface area contributed by atoms with Crippen LogP contribution in [0.4, 0.5) is 0 Å². The molecule has 2 nitrogen and oxygen atoms in total. The van der Waals surface area contributed by atoms with Crippen LogP contribution in [0.3, 0.4) is 0 Å². The van der Waals surface area contributed by atoms with E-state index < -0.39 is 5.92 Å². The number of nitriles is 1. The van der Waals surface area contributed by atoms with Gasteiger partial charge in [-0.15, -0.1) is 0 Å². The summed E-state index contributed by atoms with van der Waals surface area (Å²) in [5.41, 5.74) is 2.87. The predicted molar refractivity (Wildman–Crippen MR) is 66.4 cm³/mol. The molecule has 0 heterocycles. The zero-order valence-corrected chi connectivity index (χ0v) is 9.58. The summed E-state index contributed by atoms with van der Waals surface area (Å²) in [6, 6.07) is 10.0. The minimum Gasteiger partial charge on any atom is -0.291 e. The average Bonchev–Trinajstić information content (AvgIpc) is 2.27. The highest BCUT2D eigenvalue weighted by Crippen LogP contribution is 2.10. The maximum absolute atomic E-state index is 8.91. The molecule has 1 aromatic rings. The SMILES string of the molecule is CN=C(c1ccc(C)cc1)C(C#N)C=S. The summed E-state index contributed by atoms with van der Waals surface area (Å²) in [5.74, 6) is -0.410. The Bertz CT molecular complexity index is 412. The van der Waals surface area contributed by atoms with Gasteiger partial charge in [0.25, 0.3) is 0 Å². The van der Waals surface area contributed by atoms with E-state index in [9.17, 15) is 0 Å². The van der Waals surface area contributed by atoms with Gasteiger partial charge < -0.3 is 0 Å². The minimum absolute atomic E-state index is 0.410. The van der Waals surface area contributed by atoms with E-state index >= 15 is 0 Å². The van der Waals surface area contributed by atoms with E-state index in [1.807, 2.05) is 31.2 Å². The van der Waals surface area contributed by atoms with Crippen LogP contribution in [-0.2, 0) is 0 Å². The monoisotopic (exact) mass is 216 g/mol. The van der Waals surface area contributed by atoms with Crippen molar-refractivity contribution in [1.82, 2.24) is 0 Å². The fraction of sp³-hybridized carbons (Fsp3) is 0.250. The second-order valence-electron chi connectivity index (χ2n) is 3.22. The Hall–Kier alpha value is -1.53. The molecule has 0 aliphatic carbocycles. The third-order valence-electron chi connectivity index (χ3n) is 2.16. The number of aliphatic imine (C=N–C) groups is 1. The number of aryl methyl sites for hydroxylation is 1. The Labute approximate surface area is 95.3 Å². The lowest BCUT2D eigenvalue weighted by atomic mass is 9.98. The summed E-state index contributed by atoms with van der Waals surface area (Å²) in [6.45, 7) is 2.02. The maximum Gasteiger partial charge on any atom is 0.117 e. The van der Waals surface area contributed by atoms with Crippen molar-refractivity contribution >= 4 is 23.3 Å². The van der Waals surface area contributed by atoms with Gasteiger partial charge >= 0.3 is 0 Å². The average molecular weight is 216 g/mol. The van der Waals surface area contributed by atoms with Crippen LogP contribution < -0.4 is 0 Å². The first kappa shape index (κ1) is 11.5. The Morgan fingerprint density at radius 2 is 2.07 bits per heavy atom. The lowest BCUT2D eigenvalue weighted by Crippen LogP contribution is -2.14. The van der Waals surface area contributed by atoms with E-state index in [0.29, 0.717) is 0 Å². The van der Waals surface area contributed by atoms with Gasteiger partial charge in [-0.1, -0.05) is 42.0 Å². The van der Waals surface area contributed by atoms with Crippen molar-refractivity contribution in [3.63, 3.8) is 0 Å². The van der Waals surface area contributed by atoms with Crippen LogP contribution in [0.1, 0.15) is 11.1 Å². The Morgan fingerprint density at radius 1 is 1.47 bits per heavy atom. The molecular weight excluding hydrogens is 204 g/mol. The molecule has 0 saturated heterocycles. The fourth-order valence-electron chi connectivity index (χ4n) is 1.33. The highest BCUT2D eigenvalue weighted by atomic mass is 32.1. The molecular formula is C12H12N2S. The van der Waals surface area contributed by atoms with Gasteiger partial charge in [0, 0.05) is 12.4 Å². The van der Waals surface area contributed by atoms with Crippen molar-refractivity contribution in [1.29, 1.82) is 5.26 Å². The lowest BCUT2D eigenvalue weighted by Gasteiger charge is -2.07. The van der Waals surface area contributed by atoms with Gasteiger partial charge in [0.2, 0.25) is 0 Å². The van der Waals surface area contributed by atoms with Crippen molar-refractivity contribution in [3.8, 4) is 6.07 Å². The van der Waals surface area contributed by atoms with Crippen LogP contribution in [0.2, 0.25) is 0 Å². The number of hydrogen-bond acceptors (Lipinski definition) is 3. The van der Waals surface area contributed by atoms with Crippen LogP contribution in [0.25, 0.3) is 0 Å². The molecule has 0 N–H and O–H groups in total. The van der Waals surface area contributed by atoms with E-state index in [-0.39, 0.29) is 0 Å². The van der Waals surface area contributed by atoms with Crippen molar-refractivity contribution in [2.45, 2.75) is 6.92 Å². The van der Waals surface area contributed by atoms with E-state index in [1.54, 1.807) is 7.05 Å². The molecule has 3 heteroatoms. The molecule has 1 atom stereocenters. The predicted octanol–water partition coefficient (Wildman–Crippen LogP) is 2.55. The molecule has 0 bridgehead atoms. The van der Waals surface area contributed by atoms with Crippen LogP contribution in [0.15, 0.2) is 29.3 Å². The first-order valence-corrected chi connectivity index (χ1v) is 5.08. The third-order valence-corrected chi connectivity index (χ3v) is 2.43. The van der Waals surface area contributed by atoms with Crippen LogP contribution in [0, 0.1) is 24.2 Å². The van der Waals surface area contributed by atoms with E-state index in [4.69, 9.17) is 17.5 Å². The molecule has 0 aliphatic rings. The van der Waals surface area contributed by atoms with Crippen LogP contribution in [-0.4, -0.2) is 18.1 Å². The second kappa shape index (κ2) is 5.38. The summed E-state index contributed by atoms with van der Waals surface area (Å²) in [5, 5.41) is 10.4. The molecule has 76 valence electrons. The number of hydrogen-bond donors (Lipinski definition) is 0. The van der Waals surface area contributed by atoms with Crippen LogP contribution in [0.5, 0.6) is 0 Å². The van der Waals surface area contributed by atoms with Crippen molar-refractivity contribution in [2.24, 2.45) is 10.9 Å². The molecule has 0 spiro atoms. The Morgan fingerprint density at radius 3 is 2.47 bits per heavy atom. The molecule has 0 saturated carbocycles. The van der Waals surface area contributed by atoms with Gasteiger partial charge in [0.1, 0.15) is 5.92 Å². The van der Waals surface area contributed by atoms with E-state index in [2.05, 4.69) is 11.1 Å². The summed E-state index contributed by atoms with van der Waals surface area (Å²) in [7, 11) is 1.68. The molecule has 1 aromatic carbocycles. The van der Waals surface area contributed by atoms with Crippen LogP contribution >= 0.6 is 12.2 Å². The standard InChI is InChI=1S/C12H12N2S/c1-9-3-5-10(6-4-9)12(14-2)11(7-13)8-15/h3-6,8,11H,1-2H3. The molecule has 0 aromatic heterocycles. The van der Waals surface area contributed by atoms with Gasteiger partial charge in [0.15, 0.2) is 0 Å². The summed E-state index contributed by atoms with van der Waals surface area (Å²) in [6.07, 6.45) is 0.